The zero-order valence-corrected chi connectivity index (χ0v) is 37.3. The van der Waals surface area contributed by atoms with Crippen LogP contribution in [0, 0.1) is 10.8 Å². The first-order valence-corrected chi connectivity index (χ1v) is 21.4. The lowest BCUT2D eigenvalue weighted by molar-refractivity contribution is -0.144. The van der Waals surface area contributed by atoms with Crippen molar-refractivity contribution in [2.45, 2.75) is 93.7 Å². The molecule has 1 heterocycles. The van der Waals surface area contributed by atoms with Gasteiger partial charge >= 0.3 is 17.9 Å². The monoisotopic (exact) mass is 977 g/mol. The summed E-state index contributed by atoms with van der Waals surface area (Å²) in [4.78, 5) is 140. The fourth-order valence-electron chi connectivity index (χ4n) is 5.98. The van der Waals surface area contributed by atoms with Crippen LogP contribution in [0.5, 0.6) is 0 Å². The van der Waals surface area contributed by atoms with Gasteiger partial charge in [-0.3, -0.25) is 58.8 Å². The number of likely N-dealkylation sites (tertiary alicyclic amines) is 1. The van der Waals surface area contributed by atoms with Crippen molar-refractivity contribution < 1.29 is 68.1 Å². The summed E-state index contributed by atoms with van der Waals surface area (Å²) < 4.78 is 0. The van der Waals surface area contributed by atoms with Crippen LogP contribution in [0.15, 0.2) is 0 Å². The molecule has 1 aliphatic heterocycles. The van der Waals surface area contributed by atoms with E-state index < -0.39 is 139 Å². The minimum atomic E-state index is -1.83. The quantitative estimate of drug-likeness (QED) is 0.0138. The summed E-state index contributed by atoms with van der Waals surface area (Å²) in [5.74, 6) is -13.4. The number of nitrogens with zero attached hydrogens (tertiary/aromatic N) is 1. The third kappa shape index (κ3) is 21.8. The number of carboxylic acid groups (broad SMARTS) is 3. The summed E-state index contributed by atoms with van der Waals surface area (Å²) in [7, 11) is 0. The number of guanidine groups is 2. The standard InChI is InChI=1S/C35H59N15O14S2/c36-16(14-65)27(57)46-17(4-1-7-41-34(37)38)28(58)43-12-23(51)45-19(10-25(53)54)30(60)47-18(5-2-8-42-35(39)40)29(59)44-13-24(52)50-9-3-6-22(50)32(62)48-20(11-26(55)56)31(61)49-21(15-66)33(63)64/h16-22,65-66H,1-15,36H2,(H,43,58)(H,44,59)(H,45,51)(H,46,57)(H,47,60)(H,48,62)(H,49,61)(H,53,54)(H,55,56)(H,63,64)(H4,37,38,41)(H4,39,40,42)/t16-,17-,18-,19-,20-,21-,22-/m0/s1. The minimum Gasteiger partial charge on any atom is -0.481 e. The Labute approximate surface area is 388 Å². The maximum absolute atomic E-state index is 13.5. The number of carbonyl (C=O) groups is 11. The van der Waals surface area contributed by atoms with Gasteiger partial charge in [0.25, 0.3) is 0 Å². The molecule has 370 valence electrons. The number of nitrogens with two attached hydrogens (primary N) is 3. The van der Waals surface area contributed by atoms with Crippen LogP contribution in [-0.2, 0) is 52.7 Å². The largest absolute Gasteiger partial charge is 0.481 e. The molecule has 29 nitrogen and oxygen atoms in total. The molecule has 0 aromatic rings. The molecule has 0 aliphatic carbocycles. The number of amides is 8. The van der Waals surface area contributed by atoms with Gasteiger partial charge in [0.2, 0.25) is 47.3 Å². The molecule has 7 atom stereocenters. The molecule has 66 heavy (non-hydrogen) atoms. The average Bonchev–Trinajstić information content (AvgIpc) is 3.75. The summed E-state index contributed by atoms with van der Waals surface area (Å²) in [6, 6.07) is -10.1. The van der Waals surface area contributed by atoms with Crippen LogP contribution >= 0.6 is 25.3 Å². The van der Waals surface area contributed by atoms with Gasteiger partial charge in [-0.05, 0) is 38.5 Å². The van der Waals surface area contributed by atoms with Crippen LogP contribution in [0.4, 0.5) is 0 Å². The number of carbonyl (C=O) groups excluding carboxylic acids is 8. The number of nitrogens with one attached hydrogen (secondary N) is 11. The molecule has 1 rings (SSSR count). The first-order chi connectivity index (χ1) is 31.0. The van der Waals surface area contributed by atoms with E-state index in [9.17, 15) is 68.1 Å². The Morgan fingerprint density at radius 1 is 0.606 bits per heavy atom. The van der Waals surface area contributed by atoms with E-state index in [1.165, 1.54) is 0 Å². The predicted octanol–water partition coefficient (Wildman–Crippen LogP) is -7.62. The first kappa shape index (κ1) is 57.4. The lowest BCUT2D eigenvalue weighted by Crippen LogP contribution is -2.57. The first-order valence-electron chi connectivity index (χ1n) is 20.2. The number of rotatable bonds is 30. The maximum atomic E-state index is 13.5. The molecule has 0 bridgehead atoms. The van der Waals surface area contributed by atoms with Crippen LogP contribution in [0.25, 0.3) is 0 Å². The predicted molar refractivity (Wildman–Crippen MR) is 237 cm³/mol. The second kappa shape index (κ2) is 29.7. The summed E-state index contributed by atoms with van der Waals surface area (Å²) in [6.45, 7) is -1.40. The van der Waals surface area contributed by atoms with Gasteiger partial charge in [-0.15, -0.1) is 0 Å². The van der Waals surface area contributed by atoms with Gasteiger partial charge in [0.1, 0.15) is 36.3 Å². The van der Waals surface area contributed by atoms with Gasteiger partial charge in [0, 0.05) is 31.1 Å². The summed E-state index contributed by atoms with van der Waals surface area (Å²) >= 11 is 7.79. The van der Waals surface area contributed by atoms with E-state index >= 15 is 0 Å². The molecule has 20 N–H and O–H groups in total. The third-order valence-corrected chi connectivity index (χ3v) is 10.1. The van der Waals surface area contributed by atoms with Gasteiger partial charge in [-0.25, -0.2) is 4.79 Å². The number of carboxylic acids is 3. The van der Waals surface area contributed by atoms with E-state index in [1.807, 2.05) is 0 Å². The van der Waals surface area contributed by atoms with Gasteiger partial charge in [-0.1, -0.05) is 0 Å². The highest BCUT2D eigenvalue weighted by Crippen LogP contribution is 2.18. The molecule has 0 saturated carbocycles. The molecule has 0 aromatic carbocycles. The zero-order chi connectivity index (χ0) is 50.1. The second-order valence-corrected chi connectivity index (χ2v) is 15.2. The molecule has 0 spiro atoms. The summed E-state index contributed by atoms with van der Waals surface area (Å²) in [5.41, 5.74) is 16.3. The van der Waals surface area contributed by atoms with E-state index in [2.05, 4.69) is 73.1 Å². The van der Waals surface area contributed by atoms with Gasteiger partial charge in [0.05, 0.1) is 32.0 Å². The van der Waals surface area contributed by atoms with Crippen molar-refractivity contribution in [2.75, 3.05) is 44.2 Å². The lowest BCUT2D eigenvalue weighted by Gasteiger charge is -2.27. The van der Waals surface area contributed by atoms with Crippen molar-refractivity contribution in [3.8, 4) is 0 Å². The number of thiol groups is 2. The van der Waals surface area contributed by atoms with Crippen LogP contribution in [0.2, 0.25) is 0 Å². The van der Waals surface area contributed by atoms with Crippen molar-refractivity contribution >= 4 is 102 Å². The van der Waals surface area contributed by atoms with Crippen LogP contribution in [0.3, 0.4) is 0 Å². The molecule has 8 amide bonds. The zero-order valence-electron chi connectivity index (χ0n) is 35.6. The smallest absolute Gasteiger partial charge is 0.327 e. The van der Waals surface area contributed by atoms with Crippen molar-refractivity contribution in [1.29, 1.82) is 10.8 Å². The topological polar surface area (TPSA) is 486 Å². The molecular formula is C35H59N15O14S2. The van der Waals surface area contributed by atoms with Crippen molar-refractivity contribution in [1.82, 2.24) is 52.8 Å². The molecule has 31 heteroatoms. The van der Waals surface area contributed by atoms with Gasteiger partial charge in [-0.2, -0.15) is 25.3 Å². The SMILES string of the molecule is N=C(N)NCCC[C@H](NC(=O)[C@H](CC(=O)O)NC(=O)CNC(=O)[C@H](CCCNC(=N)N)NC(=O)[C@@H](N)CS)C(=O)NCC(=O)N1CCC[C@H]1C(=O)N[C@@H](CC(=O)O)C(=O)N[C@@H](CS)C(=O)O. The van der Waals surface area contributed by atoms with E-state index in [4.69, 9.17) is 28.0 Å². The van der Waals surface area contributed by atoms with Crippen LogP contribution in [0.1, 0.15) is 51.4 Å². The number of hydrogen-bond donors (Lipinski definition) is 19. The number of hydrogen-bond acceptors (Lipinski definition) is 16. The van der Waals surface area contributed by atoms with Crippen LogP contribution in [-0.4, -0.2) is 184 Å². The van der Waals surface area contributed by atoms with Crippen LogP contribution < -0.4 is 65.1 Å². The van der Waals surface area contributed by atoms with E-state index in [0.29, 0.717) is 0 Å². The summed E-state index contributed by atoms with van der Waals surface area (Å²) in [5, 5.41) is 63.5. The highest BCUT2D eigenvalue weighted by Gasteiger charge is 2.37. The molecule has 1 fully saturated rings. The minimum absolute atomic E-state index is 0.00202. The molecular weight excluding hydrogens is 919 g/mol. The highest BCUT2D eigenvalue weighted by molar-refractivity contribution is 7.80. The molecule has 0 aromatic heterocycles. The maximum Gasteiger partial charge on any atom is 0.327 e. The molecule has 1 aliphatic rings. The van der Waals surface area contributed by atoms with Crippen molar-refractivity contribution in [3.63, 3.8) is 0 Å². The number of aliphatic carboxylic acids is 3. The fourth-order valence-corrected chi connectivity index (χ4v) is 6.40. The Morgan fingerprint density at radius 3 is 1.53 bits per heavy atom. The van der Waals surface area contributed by atoms with Crippen molar-refractivity contribution in [2.24, 2.45) is 17.2 Å². The average molecular weight is 978 g/mol. The summed E-state index contributed by atoms with van der Waals surface area (Å²) in [6.07, 6.45) is -1.51. The Balaban J connectivity index is 3.11. The van der Waals surface area contributed by atoms with Crippen molar-refractivity contribution in [3.05, 3.63) is 0 Å². The van der Waals surface area contributed by atoms with Gasteiger partial charge < -0.3 is 85.3 Å². The Morgan fingerprint density at radius 2 is 1.08 bits per heavy atom. The molecule has 0 radical (unpaired) electrons. The van der Waals surface area contributed by atoms with E-state index in [1.54, 1.807) is 0 Å². The van der Waals surface area contributed by atoms with E-state index in [-0.39, 0.29) is 75.6 Å². The van der Waals surface area contributed by atoms with Gasteiger partial charge in [0.15, 0.2) is 11.9 Å². The Bertz CT molecular complexity index is 1810. The third-order valence-electron chi connectivity index (χ3n) is 9.32. The lowest BCUT2D eigenvalue weighted by atomic mass is 10.1. The highest BCUT2D eigenvalue weighted by atomic mass is 32.1. The fraction of sp³-hybridized carbons (Fsp3) is 0.629. The Hall–Kier alpha value is -6.63. The Kier molecular flexibility index (Phi) is 25.9. The molecule has 0 unspecified atom stereocenters. The van der Waals surface area contributed by atoms with E-state index in [0.717, 1.165) is 4.90 Å². The second-order valence-electron chi connectivity index (χ2n) is 14.5. The molecule has 1 saturated heterocycles. The normalized spacial score (nSPS) is 15.7.